The minimum atomic E-state index is -0.0873. The van der Waals surface area contributed by atoms with Crippen molar-refractivity contribution >= 4 is 28.3 Å². The smallest absolute Gasteiger partial charge is 0.147 e. The highest BCUT2D eigenvalue weighted by atomic mass is 127. The third-order valence-corrected chi connectivity index (χ3v) is 5.65. The number of piperazine rings is 1. The molecular formula is C17H25FIN3. The molecule has 3 nitrogen and oxygen atoms in total. The highest BCUT2D eigenvalue weighted by Crippen LogP contribution is 2.24. The molecule has 0 amide bonds. The van der Waals surface area contributed by atoms with Gasteiger partial charge in [-0.3, -0.25) is 4.90 Å². The van der Waals surface area contributed by atoms with E-state index in [0.717, 1.165) is 41.4 Å². The maximum Gasteiger partial charge on any atom is 0.147 e. The molecule has 0 bridgehead atoms. The summed E-state index contributed by atoms with van der Waals surface area (Å²) in [6.07, 6.45) is 2.64. The largest absolute Gasteiger partial charge is 0.367 e. The highest BCUT2D eigenvalue weighted by Gasteiger charge is 2.23. The zero-order valence-corrected chi connectivity index (χ0v) is 15.4. The number of benzene rings is 1. The Hall–Kier alpha value is -0.400. The van der Waals surface area contributed by atoms with E-state index in [1.54, 1.807) is 6.07 Å². The second kappa shape index (κ2) is 7.45. The summed E-state index contributed by atoms with van der Waals surface area (Å²) in [5.41, 5.74) is 0.763. The molecule has 0 N–H and O–H groups in total. The lowest BCUT2D eigenvalue weighted by molar-refractivity contribution is 0.155. The first-order chi connectivity index (χ1) is 10.6. The average Bonchev–Trinajstić information content (AvgIpc) is 2.51. The summed E-state index contributed by atoms with van der Waals surface area (Å²) < 4.78 is 15.0. The highest BCUT2D eigenvalue weighted by molar-refractivity contribution is 14.1. The van der Waals surface area contributed by atoms with E-state index in [1.165, 1.54) is 32.5 Å². The van der Waals surface area contributed by atoms with E-state index in [-0.39, 0.29) is 5.82 Å². The van der Waals surface area contributed by atoms with Crippen molar-refractivity contribution in [2.24, 2.45) is 5.92 Å². The van der Waals surface area contributed by atoms with Crippen LogP contribution < -0.4 is 4.90 Å². The van der Waals surface area contributed by atoms with E-state index in [0.29, 0.717) is 0 Å². The van der Waals surface area contributed by atoms with Crippen LogP contribution in [0.1, 0.15) is 12.8 Å². The molecule has 1 aromatic carbocycles. The summed E-state index contributed by atoms with van der Waals surface area (Å²) in [7, 11) is 2.21. The average molecular weight is 417 g/mol. The summed E-state index contributed by atoms with van der Waals surface area (Å²) in [6, 6.07) is 5.54. The van der Waals surface area contributed by atoms with Gasteiger partial charge in [0.15, 0.2) is 0 Å². The summed E-state index contributed by atoms with van der Waals surface area (Å²) in [6.45, 7) is 7.66. The molecule has 0 aliphatic carbocycles. The number of likely N-dealkylation sites (tertiary alicyclic amines) is 1. The maximum atomic E-state index is 14.1. The number of hydrogen-bond acceptors (Lipinski definition) is 3. The lowest BCUT2D eigenvalue weighted by atomic mass is 9.96. The molecule has 0 saturated carbocycles. The fourth-order valence-corrected chi connectivity index (χ4v) is 3.97. The number of hydrogen-bond donors (Lipinski definition) is 0. The molecule has 2 aliphatic heterocycles. The lowest BCUT2D eigenvalue weighted by Crippen LogP contribution is -2.49. The molecule has 2 heterocycles. The van der Waals surface area contributed by atoms with E-state index in [4.69, 9.17) is 0 Å². The summed E-state index contributed by atoms with van der Waals surface area (Å²) in [4.78, 5) is 7.18. The molecule has 0 radical (unpaired) electrons. The molecule has 22 heavy (non-hydrogen) atoms. The van der Waals surface area contributed by atoms with E-state index in [9.17, 15) is 4.39 Å². The molecule has 0 spiro atoms. The van der Waals surface area contributed by atoms with Gasteiger partial charge in [-0.25, -0.2) is 4.39 Å². The maximum absolute atomic E-state index is 14.1. The monoisotopic (exact) mass is 417 g/mol. The van der Waals surface area contributed by atoms with Crippen molar-refractivity contribution in [3.63, 3.8) is 0 Å². The minimum absolute atomic E-state index is 0.0873. The standard InChI is InChI=1S/C17H25FIN3/c1-20-6-4-14(5-7-20)13-21-8-10-22(11-9-21)17-3-2-15(19)12-16(17)18/h2-3,12,14H,4-11,13H2,1H3. The van der Waals surface area contributed by atoms with Crippen molar-refractivity contribution < 1.29 is 4.39 Å². The molecule has 2 fully saturated rings. The van der Waals surface area contributed by atoms with Crippen LogP contribution in [-0.2, 0) is 0 Å². The van der Waals surface area contributed by atoms with E-state index < -0.39 is 0 Å². The molecule has 2 aliphatic rings. The zero-order chi connectivity index (χ0) is 15.5. The topological polar surface area (TPSA) is 9.72 Å². The first-order valence-electron chi connectivity index (χ1n) is 8.23. The van der Waals surface area contributed by atoms with Crippen molar-refractivity contribution in [2.75, 3.05) is 57.8 Å². The SMILES string of the molecule is CN1CCC(CN2CCN(c3ccc(I)cc3F)CC2)CC1. The van der Waals surface area contributed by atoms with Crippen LogP contribution in [0.4, 0.5) is 10.1 Å². The van der Waals surface area contributed by atoms with Gasteiger partial charge in [0.1, 0.15) is 5.82 Å². The van der Waals surface area contributed by atoms with Gasteiger partial charge in [-0.05, 0) is 79.7 Å². The van der Waals surface area contributed by atoms with Crippen LogP contribution in [0.15, 0.2) is 18.2 Å². The number of rotatable bonds is 3. The Labute approximate surface area is 146 Å². The van der Waals surface area contributed by atoms with Crippen molar-refractivity contribution in [1.82, 2.24) is 9.80 Å². The minimum Gasteiger partial charge on any atom is -0.367 e. The van der Waals surface area contributed by atoms with Crippen LogP contribution >= 0.6 is 22.6 Å². The summed E-state index contributed by atoms with van der Waals surface area (Å²) in [5, 5.41) is 0. The van der Waals surface area contributed by atoms with Crippen LogP contribution in [0.5, 0.6) is 0 Å². The molecule has 0 atom stereocenters. The van der Waals surface area contributed by atoms with Crippen molar-refractivity contribution in [2.45, 2.75) is 12.8 Å². The molecule has 1 aromatic rings. The summed E-state index contributed by atoms with van der Waals surface area (Å²) >= 11 is 2.16. The van der Waals surface area contributed by atoms with Gasteiger partial charge in [0.2, 0.25) is 0 Å². The van der Waals surface area contributed by atoms with Crippen molar-refractivity contribution in [1.29, 1.82) is 0 Å². The molecule has 3 rings (SSSR count). The normalized spacial score (nSPS) is 22.2. The van der Waals surface area contributed by atoms with Gasteiger partial charge in [0.25, 0.3) is 0 Å². The third kappa shape index (κ3) is 4.11. The van der Waals surface area contributed by atoms with Gasteiger partial charge in [-0.15, -0.1) is 0 Å². The number of nitrogens with zero attached hydrogens (tertiary/aromatic N) is 3. The molecule has 0 unspecified atom stereocenters. The van der Waals surface area contributed by atoms with Gasteiger partial charge in [-0.2, -0.15) is 0 Å². The fraction of sp³-hybridized carbons (Fsp3) is 0.647. The number of anilines is 1. The Balaban J connectivity index is 1.50. The van der Waals surface area contributed by atoms with Gasteiger partial charge in [0.05, 0.1) is 5.69 Å². The lowest BCUT2D eigenvalue weighted by Gasteiger charge is -2.39. The molecule has 2 saturated heterocycles. The molecule has 5 heteroatoms. The second-order valence-corrected chi connectivity index (χ2v) is 7.88. The van der Waals surface area contributed by atoms with E-state index >= 15 is 0 Å². The van der Waals surface area contributed by atoms with Crippen LogP contribution in [0.2, 0.25) is 0 Å². The Morgan fingerprint density at radius 1 is 1.09 bits per heavy atom. The zero-order valence-electron chi connectivity index (χ0n) is 13.3. The van der Waals surface area contributed by atoms with Gasteiger partial charge >= 0.3 is 0 Å². The van der Waals surface area contributed by atoms with Crippen LogP contribution in [0, 0.1) is 15.3 Å². The molecule has 122 valence electrons. The second-order valence-electron chi connectivity index (χ2n) is 6.63. The number of piperidine rings is 1. The van der Waals surface area contributed by atoms with E-state index in [2.05, 4.69) is 44.3 Å². The van der Waals surface area contributed by atoms with Crippen molar-refractivity contribution in [3.8, 4) is 0 Å². The van der Waals surface area contributed by atoms with Crippen molar-refractivity contribution in [3.05, 3.63) is 27.6 Å². The van der Waals surface area contributed by atoms with Crippen LogP contribution in [-0.4, -0.2) is 62.7 Å². The molecule has 0 aromatic heterocycles. The Kier molecular flexibility index (Phi) is 5.57. The van der Waals surface area contributed by atoms with Crippen LogP contribution in [0.3, 0.4) is 0 Å². The Morgan fingerprint density at radius 3 is 2.41 bits per heavy atom. The van der Waals surface area contributed by atoms with Gasteiger partial charge < -0.3 is 9.80 Å². The van der Waals surface area contributed by atoms with Gasteiger partial charge in [-0.1, -0.05) is 0 Å². The first-order valence-corrected chi connectivity index (χ1v) is 9.30. The fourth-order valence-electron chi connectivity index (χ4n) is 3.52. The van der Waals surface area contributed by atoms with E-state index in [1.807, 2.05) is 12.1 Å². The number of halogens is 2. The third-order valence-electron chi connectivity index (χ3n) is 4.98. The predicted molar refractivity (Wildman–Crippen MR) is 98.0 cm³/mol. The molecular weight excluding hydrogens is 392 g/mol. The Morgan fingerprint density at radius 2 is 1.77 bits per heavy atom. The summed E-state index contributed by atoms with van der Waals surface area (Å²) in [5.74, 6) is 0.758. The van der Waals surface area contributed by atoms with Crippen LogP contribution in [0.25, 0.3) is 0 Å². The quantitative estimate of drug-likeness (QED) is 0.701. The first kappa shape index (κ1) is 16.5. The van der Waals surface area contributed by atoms with Gasteiger partial charge in [0, 0.05) is 36.3 Å². The predicted octanol–water partition coefficient (Wildman–Crippen LogP) is 2.89. The Bertz CT molecular complexity index is 495.